The van der Waals surface area contributed by atoms with Crippen molar-refractivity contribution in [1.29, 1.82) is 0 Å². The highest BCUT2D eigenvalue weighted by Gasteiger charge is 2.08. The third kappa shape index (κ3) is 9.30. The normalized spacial score (nSPS) is 11.1. The highest BCUT2D eigenvalue weighted by atomic mass is 127. The van der Waals surface area contributed by atoms with Gasteiger partial charge in [0.25, 0.3) is 0 Å². The monoisotopic (exact) mass is 544 g/mol. The second-order valence-electron chi connectivity index (χ2n) is 6.77. The molecule has 0 unspecified atom stereocenters. The van der Waals surface area contributed by atoms with E-state index in [1.165, 1.54) is 12.1 Å². The molecule has 0 aliphatic carbocycles. The second-order valence-corrected chi connectivity index (χ2v) is 6.77. The smallest absolute Gasteiger partial charge is 0.191 e. The first-order valence-electron chi connectivity index (χ1n) is 10.3. The van der Waals surface area contributed by atoms with Crippen molar-refractivity contribution in [3.63, 3.8) is 0 Å². The fraction of sp³-hybridized carbons (Fsp3) is 0.435. The minimum Gasteiger partial charge on any atom is -0.493 e. The van der Waals surface area contributed by atoms with Crippen molar-refractivity contribution < 1.29 is 13.9 Å². The molecule has 2 N–H and O–H groups in total. The summed E-state index contributed by atoms with van der Waals surface area (Å²) in [5, 5.41) is 6.49. The topological polar surface area (TPSA) is 58.1 Å². The van der Waals surface area contributed by atoms with Gasteiger partial charge < -0.3 is 25.0 Å². The summed E-state index contributed by atoms with van der Waals surface area (Å²) >= 11 is 0. The molecule has 0 radical (unpaired) electrons. The van der Waals surface area contributed by atoms with Gasteiger partial charge in [0.15, 0.2) is 17.5 Å². The SMILES string of the molecule is CCN(CC)CCOc1ccc(CNC(=NC)NCc2ccc(F)cc2)cc1OC.I. The van der Waals surface area contributed by atoms with Crippen LogP contribution in [0.5, 0.6) is 11.5 Å². The molecular weight excluding hydrogens is 510 g/mol. The molecule has 0 amide bonds. The molecule has 172 valence electrons. The number of ether oxygens (including phenoxy) is 2. The first kappa shape index (κ1) is 27.0. The Balaban J connectivity index is 0.00000480. The third-order valence-corrected chi connectivity index (χ3v) is 4.84. The molecule has 0 saturated heterocycles. The first-order valence-corrected chi connectivity index (χ1v) is 10.3. The van der Waals surface area contributed by atoms with E-state index in [4.69, 9.17) is 9.47 Å². The van der Waals surface area contributed by atoms with Crippen molar-refractivity contribution in [1.82, 2.24) is 15.5 Å². The van der Waals surface area contributed by atoms with E-state index in [-0.39, 0.29) is 29.8 Å². The van der Waals surface area contributed by atoms with Gasteiger partial charge in [-0.15, -0.1) is 24.0 Å². The summed E-state index contributed by atoms with van der Waals surface area (Å²) in [4.78, 5) is 6.54. The lowest BCUT2D eigenvalue weighted by molar-refractivity contribution is 0.217. The number of aliphatic imine (C=N–C) groups is 1. The van der Waals surface area contributed by atoms with Gasteiger partial charge in [-0.05, 0) is 48.5 Å². The van der Waals surface area contributed by atoms with Gasteiger partial charge in [0.2, 0.25) is 0 Å². The second kappa shape index (κ2) is 14.9. The standard InChI is InChI=1S/C23H33FN4O2.HI/c1-5-28(6-2)13-14-30-21-12-9-19(15-22(21)29-4)17-27-23(25-3)26-16-18-7-10-20(24)11-8-18;/h7-12,15H,5-6,13-14,16-17H2,1-4H3,(H2,25,26,27);1H. The van der Waals surface area contributed by atoms with E-state index in [0.717, 1.165) is 36.5 Å². The van der Waals surface area contributed by atoms with Crippen LogP contribution in [0.1, 0.15) is 25.0 Å². The molecule has 6 nitrogen and oxygen atoms in total. The van der Waals surface area contributed by atoms with E-state index in [0.29, 0.717) is 31.4 Å². The van der Waals surface area contributed by atoms with Crippen LogP contribution >= 0.6 is 24.0 Å². The number of guanidine groups is 1. The third-order valence-electron chi connectivity index (χ3n) is 4.84. The van der Waals surface area contributed by atoms with E-state index < -0.39 is 0 Å². The maximum atomic E-state index is 13.0. The van der Waals surface area contributed by atoms with Crippen LogP contribution in [0.3, 0.4) is 0 Å². The van der Waals surface area contributed by atoms with Gasteiger partial charge in [-0.3, -0.25) is 4.99 Å². The fourth-order valence-electron chi connectivity index (χ4n) is 2.96. The zero-order valence-corrected chi connectivity index (χ0v) is 21.1. The number of hydrogen-bond donors (Lipinski definition) is 2. The van der Waals surface area contributed by atoms with Crippen LogP contribution in [0.15, 0.2) is 47.5 Å². The first-order chi connectivity index (χ1) is 14.6. The lowest BCUT2D eigenvalue weighted by Gasteiger charge is -2.19. The average Bonchev–Trinajstić information content (AvgIpc) is 2.78. The van der Waals surface area contributed by atoms with Crippen LogP contribution in [0, 0.1) is 5.82 Å². The van der Waals surface area contributed by atoms with Gasteiger partial charge >= 0.3 is 0 Å². The molecule has 2 aromatic rings. The summed E-state index contributed by atoms with van der Waals surface area (Å²) in [5.74, 6) is 1.88. The number of halogens is 2. The van der Waals surface area contributed by atoms with E-state index >= 15 is 0 Å². The molecule has 0 aliphatic heterocycles. The van der Waals surface area contributed by atoms with E-state index in [9.17, 15) is 4.39 Å². The highest BCUT2D eigenvalue weighted by Crippen LogP contribution is 2.28. The molecular formula is C23H34FIN4O2. The minimum atomic E-state index is -0.240. The molecule has 0 fully saturated rings. The summed E-state index contributed by atoms with van der Waals surface area (Å²) in [6, 6.07) is 12.3. The quantitative estimate of drug-likeness (QED) is 0.254. The van der Waals surface area contributed by atoms with Crippen molar-refractivity contribution in [3.8, 4) is 11.5 Å². The molecule has 0 aromatic heterocycles. The molecule has 0 heterocycles. The molecule has 31 heavy (non-hydrogen) atoms. The van der Waals surface area contributed by atoms with Gasteiger partial charge in [-0.25, -0.2) is 4.39 Å². The van der Waals surface area contributed by atoms with Gasteiger partial charge in [0.05, 0.1) is 7.11 Å². The Morgan fingerprint density at radius 1 is 0.968 bits per heavy atom. The lowest BCUT2D eigenvalue weighted by Crippen LogP contribution is -2.36. The average molecular weight is 544 g/mol. The van der Waals surface area contributed by atoms with Gasteiger partial charge in [-0.1, -0.05) is 32.0 Å². The minimum absolute atomic E-state index is 0. The Bertz CT molecular complexity index is 799. The predicted octanol–water partition coefficient (Wildman–Crippen LogP) is 4.04. The molecule has 0 saturated carbocycles. The molecule has 0 spiro atoms. The number of nitrogens with zero attached hydrogens (tertiary/aromatic N) is 2. The molecule has 2 aromatic carbocycles. The van der Waals surface area contributed by atoms with Gasteiger partial charge in [0.1, 0.15) is 12.4 Å². The van der Waals surface area contributed by atoms with Crippen molar-refractivity contribution in [2.24, 2.45) is 4.99 Å². The Morgan fingerprint density at radius 3 is 2.16 bits per heavy atom. The number of rotatable bonds is 11. The van der Waals surface area contributed by atoms with E-state index in [1.807, 2.05) is 18.2 Å². The zero-order valence-electron chi connectivity index (χ0n) is 18.8. The van der Waals surface area contributed by atoms with Crippen molar-refractivity contribution in [2.75, 3.05) is 40.4 Å². The fourth-order valence-corrected chi connectivity index (χ4v) is 2.96. The van der Waals surface area contributed by atoms with Crippen LogP contribution in [0.25, 0.3) is 0 Å². The van der Waals surface area contributed by atoms with Crippen molar-refractivity contribution in [3.05, 3.63) is 59.4 Å². The Labute approximate surface area is 202 Å². The number of methoxy groups -OCH3 is 1. The summed E-state index contributed by atoms with van der Waals surface area (Å²) in [6.45, 7) is 8.96. The number of nitrogens with one attached hydrogen (secondary N) is 2. The lowest BCUT2D eigenvalue weighted by atomic mass is 10.2. The van der Waals surface area contributed by atoms with Crippen molar-refractivity contribution in [2.45, 2.75) is 26.9 Å². The molecule has 0 aliphatic rings. The molecule has 2 rings (SSSR count). The maximum absolute atomic E-state index is 13.0. The Kier molecular flexibility index (Phi) is 12.9. The summed E-state index contributed by atoms with van der Waals surface area (Å²) < 4.78 is 24.4. The van der Waals surface area contributed by atoms with Crippen LogP contribution < -0.4 is 20.1 Å². The molecule has 0 bridgehead atoms. The molecule has 0 atom stereocenters. The van der Waals surface area contributed by atoms with E-state index in [2.05, 4.69) is 34.4 Å². The van der Waals surface area contributed by atoms with Crippen molar-refractivity contribution >= 4 is 29.9 Å². The van der Waals surface area contributed by atoms with Gasteiger partial charge in [-0.2, -0.15) is 0 Å². The van der Waals surface area contributed by atoms with Gasteiger partial charge in [0, 0.05) is 26.7 Å². The summed E-state index contributed by atoms with van der Waals surface area (Å²) in [6.07, 6.45) is 0. The zero-order chi connectivity index (χ0) is 21.8. The van der Waals surface area contributed by atoms with Crippen LogP contribution in [-0.4, -0.2) is 51.3 Å². The molecule has 8 heteroatoms. The Morgan fingerprint density at radius 2 is 1.58 bits per heavy atom. The highest BCUT2D eigenvalue weighted by molar-refractivity contribution is 14.0. The summed E-state index contributed by atoms with van der Waals surface area (Å²) in [5.41, 5.74) is 2.03. The maximum Gasteiger partial charge on any atom is 0.191 e. The summed E-state index contributed by atoms with van der Waals surface area (Å²) in [7, 11) is 3.36. The van der Waals surface area contributed by atoms with E-state index in [1.54, 1.807) is 26.3 Å². The number of likely N-dealkylation sites (N-methyl/N-ethyl adjacent to an activating group) is 1. The van der Waals surface area contributed by atoms with Crippen LogP contribution in [0.4, 0.5) is 4.39 Å². The predicted molar refractivity (Wildman–Crippen MR) is 135 cm³/mol. The largest absolute Gasteiger partial charge is 0.493 e. The van der Waals surface area contributed by atoms with Crippen LogP contribution in [0.2, 0.25) is 0 Å². The Hall–Kier alpha value is -2.07. The van der Waals surface area contributed by atoms with Crippen LogP contribution in [-0.2, 0) is 13.1 Å². The number of benzene rings is 2. The number of hydrogen-bond acceptors (Lipinski definition) is 4.